The summed E-state index contributed by atoms with van der Waals surface area (Å²) in [4.78, 5) is 15.0. The summed E-state index contributed by atoms with van der Waals surface area (Å²) in [5, 5.41) is 12.3. The average molecular weight is 410 g/mol. The lowest BCUT2D eigenvalue weighted by Crippen LogP contribution is -2.36. The van der Waals surface area contributed by atoms with E-state index in [-0.39, 0.29) is 6.03 Å². The summed E-state index contributed by atoms with van der Waals surface area (Å²) in [6, 6.07) is 14.8. The van der Waals surface area contributed by atoms with E-state index in [0.29, 0.717) is 17.3 Å². The van der Waals surface area contributed by atoms with Crippen LogP contribution < -0.4 is 10.2 Å². The second-order valence-corrected chi connectivity index (χ2v) is 7.74. The van der Waals surface area contributed by atoms with Gasteiger partial charge in [0, 0.05) is 29.4 Å². The maximum absolute atomic E-state index is 13.3. The number of hydrogen-bond acceptors (Lipinski definition) is 3. The molecule has 0 spiro atoms. The van der Waals surface area contributed by atoms with E-state index in [1.54, 1.807) is 17.0 Å². The Balaban J connectivity index is 1.65. The van der Waals surface area contributed by atoms with Crippen molar-refractivity contribution < 1.29 is 4.79 Å². The number of aromatic nitrogens is 3. The Morgan fingerprint density at radius 3 is 2.83 bits per heavy atom. The number of fused-ring (bicyclic) bond motifs is 1. The van der Waals surface area contributed by atoms with Crippen LogP contribution in [0.1, 0.15) is 36.5 Å². The van der Waals surface area contributed by atoms with Crippen LogP contribution in [0.4, 0.5) is 16.2 Å². The third kappa shape index (κ3) is 4.43. The molecule has 3 aromatic rings. The molecule has 4 rings (SSSR count). The van der Waals surface area contributed by atoms with Crippen LogP contribution in [-0.2, 0) is 19.5 Å². The molecule has 1 aliphatic rings. The maximum atomic E-state index is 13.3. The Hall–Kier alpha value is -2.86. The van der Waals surface area contributed by atoms with Crippen LogP contribution in [0, 0.1) is 6.92 Å². The van der Waals surface area contributed by atoms with Crippen molar-refractivity contribution in [1.29, 1.82) is 0 Å². The Morgan fingerprint density at radius 1 is 1.14 bits per heavy atom. The van der Waals surface area contributed by atoms with Gasteiger partial charge < -0.3 is 9.88 Å². The fraction of sp³-hybridized carbons (Fsp3) is 0.318. The zero-order valence-corrected chi connectivity index (χ0v) is 17.2. The van der Waals surface area contributed by atoms with Gasteiger partial charge in [0.15, 0.2) is 5.82 Å². The van der Waals surface area contributed by atoms with Gasteiger partial charge in [-0.15, -0.1) is 10.2 Å². The molecule has 0 unspecified atom stereocenters. The molecule has 2 heterocycles. The summed E-state index contributed by atoms with van der Waals surface area (Å²) in [7, 11) is 0. The Morgan fingerprint density at radius 2 is 2.00 bits per heavy atom. The van der Waals surface area contributed by atoms with Crippen LogP contribution in [0.2, 0.25) is 5.02 Å². The summed E-state index contributed by atoms with van der Waals surface area (Å²) in [6.45, 7) is 3.25. The predicted octanol–water partition coefficient (Wildman–Crippen LogP) is 5.21. The second kappa shape index (κ2) is 8.66. The number of anilines is 2. The summed E-state index contributed by atoms with van der Waals surface area (Å²) in [6.07, 6.45) is 4.37. The first kappa shape index (κ1) is 19.5. The zero-order chi connectivity index (χ0) is 20.2. The number of urea groups is 1. The minimum absolute atomic E-state index is 0.229. The number of aryl methyl sites for hydroxylation is 2. The lowest BCUT2D eigenvalue weighted by atomic mass is 10.2. The SMILES string of the molecule is Cc1ccccc1N(Cc1nnc2n1CCCCC2)C(=O)Nc1cccc(Cl)c1. The van der Waals surface area contributed by atoms with Gasteiger partial charge in [-0.2, -0.15) is 0 Å². The molecule has 1 aromatic heterocycles. The van der Waals surface area contributed by atoms with Crippen LogP contribution >= 0.6 is 11.6 Å². The first-order valence-electron chi connectivity index (χ1n) is 9.92. The minimum atomic E-state index is -0.229. The Kier molecular flexibility index (Phi) is 5.81. The lowest BCUT2D eigenvalue weighted by Gasteiger charge is -2.25. The van der Waals surface area contributed by atoms with Crippen molar-refractivity contribution in [3.8, 4) is 0 Å². The highest BCUT2D eigenvalue weighted by molar-refractivity contribution is 6.30. The van der Waals surface area contributed by atoms with Crippen LogP contribution in [0.3, 0.4) is 0 Å². The molecule has 0 aliphatic carbocycles. The van der Waals surface area contributed by atoms with Crippen molar-refractivity contribution in [2.45, 2.75) is 45.7 Å². The molecule has 7 heteroatoms. The topological polar surface area (TPSA) is 63.1 Å². The minimum Gasteiger partial charge on any atom is -0.313 e. The number of halogens is 1. The van der Waals surface area contributed by atoms with Crippen molar-refractivity contribution in [2.24, 2.45) is 0 Å². The summed E-state index contributed by atoms with van der Waals surface area (Å²) in [5.41, 5.74) is 2.52. The summed E-state index contributed by atoms with van der Waals surface area (Å²) in [5.74, 6) is 1.82. The molecule has 29 heavy (non-hydrogen) atoms. The molecular formula is C22H24ClN5O. The van der Waals surface area contributed by atoms with Crippen molar-refractivity contribution >= 4 is 29.0 Å². The van der Waals surface area contributed by atoms with Gasteiger partial charge in [-0.25, -0.2) is 4.79 Å². The summed E-state index contributed by atoms with van der Waals surface area (Å²) < 4.78 is 2.17. The molecule has 1 N–H and O–H groups in total. The standard InChI is InChI=1S/C22H24ClN5O/c1-16-8-4-5-11-19(16)28(22(29)24-18-10-7-9-17(23)14-18)15-21-26-25-20-12-3-2-6-13-27(20)21/h4-5,7-11,14H,2-3,6,12-13,15H2,1H3,(H,24,29). The molecule has 150 valence electrons. The number of carbonyl (C=O) groups is 1. The molecule has 0 atom stereocenters. The molecule has 0 fully saturated rings. The van der Waals surface area contributed by atoms with Gasteiger partial charge in [0.2, 0.25) is 0 Å². The van der Waals surface area contributed by atoms with Gasteiger partial charge in [-0.3, -0.25) is 4.90 Å². The van der Waals surface area contributed by atoms with Crippen LogP contribution in [-0.4, -0.2) is 20.8 Å². The van der Waals surface area contributed by atoms with E-state index in [2.05, 4.69) is 20.1 Å². The van der Waals surface area contributed by atoms with Crippen molar-refractivity contribution in [3.05, 3.63) is 70.8 Å². The van der Waals surface area contributed by atoms with E-state index in [1.807, 2.05) is 43.3 Å². The number of para-hydroxylation sites is 1. The maximum Gasteiger partial charge on any atom is 0.326 e. The average Bonchev–Trinajstić information content (AvgIpc) is 2.92. The number of amides is 2. The number of rotatable bonds is 4. The first-order valence-corrected chi connectivity index (χ1v) is 10.3. The van der Waals surface area contributed by atoms with Gasteiger partial charge in [0.05, 0.1) is 6.54 Å². The molecule has 0 bridgehead atoms. The van der Waals surface area contributed by atoms with Gasteiger partial charge in [0.1, 0.15) is 5.82 Å². The van der Waals surface area contributed by atoms with E-state index in [4.69, 9.17) is 11.6 Å². The van der Waals surface area contributed by atoms with E-state index in [1.165, 1.54) is 6.42 Å². The highest BCUT2D eigenvalue weighted by Gasteiger charge is 2.23. The van der Waals surface area contributed by atoms with Crippen LogP contribution in [0.5, 0.6) is 0 Å². The van der Waals surface area contributed by atoms with Gasteiger partial charge >= 0.3 is 6.03 Å². The van der Waals surface area contributed by atoms with Crippen molar-refractivity contribution in [3.63, 3.8) is 0 Å². The molecule has 0 saturated heterocycles. The zero-order valence-electron chi connectivity index (χ0n) is 16.4. The fourth-order valence-electron chi connectivity index (χ4n) is 3.69. The van der Waals surface area contributed by atoms with Crippen molar-refractivity contribution in [1.82, 2.24) is 14.8 Å². The van der Waals surface area contributed by atoms with E-state index < -0.39 is 0 Å². The normalized spacial score (nSPS) is 13.4. The lowest BCUT2D eigenvalue weighted by molar-refractivity contribution is 0.256. The number of carbonyl (C=O) groups excluding carboxylic acids is 1. The van der Waals surface area contributed by atoms with Gasteiger partial charge in [0.25, 0.3) is 0 Å². The quantitative estimate of drug-likeness (QED) is 0.643. The summed E-state index contributed by atoms with van der Waals surface area (Å²) >= 11 is 6.07. The van der Waals surface area contributed by atoms with E-state index >= 15 is 0 Å². The second-order valence-electron chi connectivity index (χ2n) is 7.31. The highest BCUT2D eigenvalue weighted by atomic mass is 35.5. The smallest absolute Gasteiger partial charge is 0.313 e. The van der Waals surface area contributed by atoms with Gasteiger partial charge in [-0.1, -0.05) is 42.3 Å². The highest BCUT2D eigenvalue weighted by Crippen LogP contribution is 2.24. The van der Waals surface area contributed by atoms with E-state index in [9.17, 15) is 4.79 Å². The molecule has 0 radical (unpaired) electrons. The molecule has 2 aromatic carbocycles. The largest absolute Gasteiger partial charge is 0.326 e. The number of benzene rings is 2. The van der Waals surface area contributed by atoms with Crippen LogP contribution in [0.15, 0.2) is 48.5 Å². The van der Waals surface area contributed by atoms with Crippen molar-refractivity contribution in [2.75, 3.05) is 10.2 Å². The molecule has 1 aliphatic heterocycles. The molecule has 6 nitrogen and oxygen atoms in total. The Bertz CT molecular complexity index is 1020. The number of hydrogen-bond donors (Lipinski definition) is 1. The molecule has 2 amide bonds. The van der Waals surface area contributed by atoms with Crippen LogP contribution in [0.25, 0.3) is 0 Å². The fourth-order valence-corrected chi connectivity index (χ4v) is 3.88. The molecular weight excluding hydrogens is 386 g/mol. The van der Waals surface area contributed by atoms with E-state index in [0.717, 1.165) is 48.7 Å². The monoisotopic (exact) mass is 409 g/mol. The third-order valence-corrected chi connectivity index (χ3v) is 5.45. The Labute approximate surface area is 175 Å². The predicted molar refractivity (Wildman–Crippen MR) is 115 cm³/mol. The first-order chi connectivity index (χ1) is 14.1. The number of nitrogens with one attached hydrogen (secondary N) is 1. The van der Waals surface area contributed by atoms with Gasteiger partial charge in [-0.05, 0) is 49.6 Å². The third-order valence-electron chi connectivity index (χ3n) is 5.21. The molecule has 0 saturated carbocycles. The number of nitrogens with zero attached hydrogens (tertiary/aromatic N) is 4.